The molecule has 0 radical (unpaired) electrons. The van der Waals surface area contributed by atoms with Gasteiger partial charge in [0.2, 0.25) is 0 Å². The van der Waals surface area contributed by atoms with Crippen LogP contribution in [-0.2, 0) is 0 Å². The van der Waals surface area contributed by atoms with Crippen molar-refractivity contribution in [3.8, 4) is 0 Å². The van der Waals surface area contributed by atoms with Crippen LogP contribution in [0.5, 0.6) is 0 Å². The molecular weight excluding hydrogens is 176 g/mol. The summed E-state index contributed by atoms with van der Waals surface area (Å²) in [5.41, 5.74) is 0. The van der Waals surface area contributed by atoms with Crippen LogP contribution in [0, 0.1) is 0 Å². The molecule has 2 nitrogen and oxygen atoms in total. The summed E-state index contributed by atoms with van der Waals surface area (Å²) in [7, 11) is 0. The van der Waals surface area contributed by atoms with E-state index in [1.54, 1.807) is 13.8 Å². The Bertz CT molecular complexity index is 10.3. The van der Waals surface area contributed by atoms with E-state index in [1.165, 1.54) is 0 Å². The molecule has 0 heterocycles. The van der Waals surface area contributed by atoms with Gasteiger partial charge in [0.05, 0.1) is 0 Å². The average Bonchev–Trinajstić information content (AvgIpc) is 1.39. The van der Waals surface area contributed by atoms with Gasteiger partial charge >= 0.3 is 0 Å². The summed E-state index contributed by atoms with van der Waals surface area (Å²) in [6.07, 6.45) is 0. The average molecular weight is 220 g/mol. The van der Waals surface area contributed by atoms with Crippen molar-refractivity contribution in [2.24, 2.45) is 0 Å². The minimum Gasteiger partial charge on any atom is -0.397 e. The van der Waals surface area contributed by atoms with Gasteiger partial charge in [-0.25, -0.2) is 0 Å². The Labute approximate surface area is 97.4 Å². The van der Waals surface area contributed by atoms with Crippen molar-refractivity contribution in [2.45, 2.75) is 73.3 Å². The summed E-state index contributed by atoms with van der Waals surface area (Å²) in [6, 6.07) is 0. The fraction of sp³-hybridized carbons (Fsp3) is 1.00. The highest BCUT2D eigenvalue weighted by Gasteiger charge is 1.34. The van der Waals surface area contributed by atoms with Crippen LogP contribution in [0.1, 0.15) is 73.3 Å². The molecule has 0 rings (SSSR count). The Balaban J connectivity index is -0.00000000182. The highest BCUT2D eigenvalue weighted by Crippen LogP contribution is 1.30. The van der Waals surface area contributed by atoms with Crippen molar-refractivity contribution >= 4 is 0 Å². The van der Waals surface area contributed by atoms with Crippen molar-refractivity contribution in [3.05, 3.63) is 0 Å². The molecule has 0 aliphatic carbocycles. The summed E-state index contributed by atoms with van der Waals surface area (Å²) in [5.74, 6) is 0. The van der Waals surface area contributed by atoms with Gasteiger partial charge in [-0.2, -0.15) is 0 Å². The third kappa shape index (κ3) is 222000. The molecule has 0 atom stereocenters. The minimum atomic E-state index is 0. The van der Waals surface area contributed by atoms with E-state index >= 15 is 0 Å². The first-order valence-corrected chi connectivity index (χ1v) is 2.05. The van der Waals surface area contributed by atoms with Gasteiger partial charge in [-0.3, -0.25) is 0 Å². The third-order valence-corrected chi connectivity index (χ3v) is 0. The molecule has 0 spiro atoms. The molecule has 0 saturated carbocycles. The van der Waals surface area contributed by atoms with Gasteiger partial charge < -0.3 is 10.2 Å². The smallest absolute Gasteiger partial charge is 0.0402 e. The van der Waals surface area contributed by atoms with Gasteiger partial charge in [0.15, 0.2) is 0 Å². The Hall–Kier alpha value is -0.0800. The second-order valence-electron chi connectivity index (χ2n) is 0.632. The maximum Gasteiger partial charge on any atom is 0.0402 e. The van der Waals surface area contributed by atoms with Crippen LogP contribution in [0.15, 0.2) is 0 Å². The zero-order chi connectivity index (χ0) is 5.41. The van der Waals surface area contributed by atoms with Crippen molar-refractivity contribution < 1.29 is 10.2 Å². The van der Waals surface area contributed by atoms with E-state index in [0.29, 0.717) is 0 Å². The first-order valence-electron chi connectivity index (χ1n) is 2.05. The van der Waals surface area contributed by atoms with Crippen molar-refractivity contribution in [2.75, 3.05) is 13.2 Å². The molecular formula is C12H44O2. The SMILES string of the molecule is C.C.C.C.C.C.C.C.CCO.CCO. The summed E-state index contributed by atoms with van der Waals surface area (Å²) >= 11 is 0. The minimum absolute atomic E-state index is 0. The van der Waals surface area contributed by atoms with Gasteiger partial charge in [0.1, 0.15) is 0 Å². The molecule has 0 bridgehead atoms. The van der Waals surface area contributed by atoms with E-state index in [1.807, 2.05) is 0 Å². The van der Waals surface area contributed by atoms with E-state index in [9.17, 15) is 0 Å². The van der Waals surface area contributed by atoms with Gasteiger partial charge in [-0.05, 0) is 13.8 Å². The summed E-state index contributed by atoms with van der Waals surface area (Å²) in [4.78, 5) is 0. The molecule has 2 N–H and O–H groups in total. The van der Waals surface area contributed by atoms with Gasteiger partial charge in [0.25, 0.3) is 0 Å². The van der Waals surface area contributed by atoms with Crippen LogP contribution in [0.4, 0.5) is 0 Å². The zero-order valence-corrected chi connectivity index (χ0v) is 4.31. The van der Waals surface area contributed by atoms with Crippen LogP contribution in [0.2, 0.25) is 0 Å². The van der Waals surface area contributed by atoms with Gasteiger partial charge in [0, 0.05) is 13.2 Å². The van der Waals surface area contributed by atoms with Crippen molar-refractivity contribution in [3.63, 3.8) is 0 Å². The van der Waals surface area contributed by atoms with E-state index in [0.717, 1.165) is 0 Å². The predicted molar refractivity (Wildman–Crippen MR) is 79.4 cm³/mol. The molecule has 0 unspecified atom stereocenters. The quantitative estimate of drug-likeness (QED) is 0.597. The lowest BCUT2D eigenvalue weighted by atomic mass is 10.9. The number of aliphatic hydroxyl groups excluding tert-OH is 2. The molecule has 0 fully saturated rings. The standard InChI is InChI=1S/2C2H6O.8CH4/c2*1-2-3;;;;;;;;/h2*3H,2H2,1H3;8*1H4. The fourth-order valence-electron chi connectivity index (χ4n) is 0. The second-order valence-corrected chi connectivity index (χ2v) is 0.632. The molecule has 0 aromatic heterocycles. The fourth-order valence-corrected chi connectivity index (χ4v) is 0. The number of aliphatic hydroxyl groups is 2. The molecule has 0 aliphatic rings. The molecule has 14 heavy (non-hydrogen) atoms. The van der Waals surface area contributed by atoms with Gasteiger partial charge in [-0.15, -0.1) is 0 Å². The van der Waals surface area contributed by atoms with E-state index in [4.69, 9.17) is 10.2 Å². The lowest BCUT2D eigenvalue weighted by molar-refractivity contribution is 0.318. The number of hydrogen-bond donors (Lipinski definition) is 2. The Kier molecular flexibility index (Phi) is 5380. The summed E-state index contributed by atoms with van der Waals surface area (Å²) < 4.78 is 0. The van der Waals surface area contributed by atoms with Crippen LogP contribution in [-0.4, -0.2) is 23.4 Å². The molecule has 0 aromatic rings. The van der Waals surface area contributed by atoms with Crippen molar-refractivity contribution in [1.82, 2.24) is 0 Å². The Morgan fingerprint density at radius 3 is 0.500 bits per heavy atom. The van der Waals surface area contributed by atoms with Crippen LogP contribution >= 0.6 is 0 Å². The van der Waals surface area contributed by atoms with E-state index in [2.05, 4.69) is 0 Å². The van der Waals surface area contributed by atoms with E-state index < -0.39 is 0 Å². The second kappa shape index (κ2) is 498. The largest absolute Gasteiger partial charge is 0.397 e. The number of rotatable bonds is 0. The maximum atomic E-state index is 7.57. The first-order chi connectivity index (χ1) is 2.83. The predicted octanol–water partition coefficient (Wildman–Crippen LogP) is 5.09. The topological polar surface area (TPSA) is 40.5 Å². The van der Waals surface area contributed by atoms with Crippen LogP contribution in [0.3, 0.4) is 0 Å². The molecule has 2 heteroatoms. The Morgan fingerprint density at radius 2 is 0.500 bits per heavy atom. The number of hydrogen-bond acceptors (Lipinski definition) is 2. The molecule has 0 amide bonds. The third-order valence-electron chi connectivity index (χ3n) is 0. The highest BCUT2D eigenvalue weighted by molar-refractivity contribution is 3.84. The van der Waals surface area contributed by atoms with E-state index in [-0.39, 0.29) is 72.6 Å². The summed E-state index contributed by atoms with van der Waals surface area (Å²) in [6.45, 7) is 3.86. The monoisotopic (exact) mass is 220 g/mol. The lowest BCUT2D eigenvalue weighted by Gasteiger charge is -1.52. The molecule has 0 aromatic carbocycles. The van der Waals surface area contributed by atoms with Crippen molar-refractivity contribution in [1.29, 1.82) is 0 Å². The first kappa shape index (κ1) is 151. The highest BCUT2D eigenvalue weighted by atomic mass is 16.3. The molecule has 0 aliphatic heterocycles. The van der Waals surface area contributed by atoms with Gasteiger partial charge in [-0.1, -0.05) is 59.4 Å². The lowest BCUT2D eigenvalue weighted by Crippen LogP contribution is -1.57. The molecule has 104 valence electrons. The Morgan fingerprint density at radius 1 is 0.500 bits per heavy atom. The summed E-state index contributed by atoms with van der Waals surface area (Å²) in [5, 5.41) is 15.1. The van der Waals surface area contributed by atoms with Crippen LogP contribution < -0.4 is 0 Å². The molecule has 0 saturated heterocycles. The normalized spacial score (nSPS) is 2.57. The van der Waals surface area contributed by atoms with Crippen LogP contribution in [0.25, 0.3) is 0 Å². The zero-order valence-electron chi connectivity index (χ0n) is 4.31. The maximum absolute atomic E-state index is 7.57.